The van der Waals surface area contributed by atoms with Gasteiger partial charge in [0.25, 0.3) is 0 Å². The average Bonchev–Trinajstić information content (AvgIpc) is 2.96. The minimum atomic E-state index is -0.463. The standard InChI is InChI=1S/C22H23NO6/c1-6-27-22(26)19-13(4)20(23-14(19)5)16(24)10-28-17-8-7-15-11(2)9-18(25)29-21(15)12(17)3/h7-9,23H,6,10H2,1-5H3. The number of Topliss-reactive ketones (excluding diaryl/α,β-unsaturated/α-hetero) is 1. The van der Waals surface area contributed by atoms with Crippen LogP contribution in [0.1, 0.15) is 50.2 Å². The molecule has 0 atom stereocenters. The fourth-order valence-corrected chi connectivity index (χ4v) is 3.41. The molecule has 2 heterocycles. The van der Waals surface area contributed by atoms with E-state index < -0.39 is 11.6 Å². The number of hydrogen-bond acceptors (Lipinski definition) is 6. The molecule has 1 aromatic carbocycles. The van der Waals surface area contributed by atoms with Gasteiger partial charge in [0.05, 0.1) is 17.9 Å². The molecule has 0 unspecified atom stereocenters. The molecule has 1 N–H and O–H groups in total. The summed E-state index contributed by atoms with van der Waals surface area (Å²) in [7, 11) is 0. The minimum absolute atomic E-state index is 0.231. The largest absolute Gasteiger partial charge is 0.485 e. The summed E-state index contributed by atoms with van der Waals surface area (Å²) in [6, 6.07) is 4.97. The molecule has 0 radical (unpaired) electrons. The molecule has 0 fully saturated rings. The number of hydrogen-bond donors (Lipinski definition) is 1. The van der Waals surface area contributed by atoms with Gasteiger partial charge in [-0.25, -0.2) is 9.59 Å². The summed E-state index contributed by atoms with van der Waals surface area (Å²) in [6.45, 7) is 8.77. The number of ether oxygens (including phenoxy) is 2. The van der Waals surface area contributed by atoms with Gasteiger partial charge in [-0.1, -0.05) is 0 Å². The molecule has 7 nitrogen and oxygen atoms in total. The second kappa shape index (κ2) is 7.95. The van der Waals surface area contributed by atoms with E-state index in [1.54, 1.807) is 39.8 Å². The first-order chi connectivity index (χ1) is 13.7. The molecule has 0 bridgehead atoms. The maximum Gasteiger partial charge on any atom is 0.340 e. The van der Waals surface area contributed by atoms with E-state index in [2.05, 4.69) is 4.98 Å². The molecule has 7 heteroatoms. The first kappa shape index (κ1) is 20.4. The van der Waals surface area contributed by atoms with Crippen LogP contribution in [0.3, 0.4) is 0 Å². The van der Waals surface area contributed by atoms with Crippen molar-refractivity contribution in [2.75, 3.05) is 13.2 Å². The maximum absolute atomic E-state index is 12.7. The summed E-state index contributed by atoms with van der Waals surface area (Å²) in [5.41, 5.74) is 3.25. The molecule has 0 amide bonds. The Kier molecular flexibility index (Phi) is 5.59. The van der Waals surface area contributed by atoms with E-state index in [0.717, 1.165) is 10.9 Å². The molecule has 0 spiro atoms. The highest BCUT2D eigenvalue weighted by atomic mass is 16.5. The van der Waals surface area contributed by atoms with Gasteiger partial charge < -0.3 is 18.9 Å². The van der Waals surface area contributed by atoms with Gasteiger partial charge in [-0.05, 0) is 57.9 Å². The number of H-pyrrole nitrogens is 1. The number of rotatable bonds is 6. The maximum atomic E-state index is 12.7. The molecule has 0 saturated heterocycles. The molecule has 0 aliphatic carbocycles. The Labute approximate surface area is 167 Å². The highest BCUT2D eigenvalue weighted by Crippen LogP contribution is 2.28. The quantitative estimate of drug-likeness (QED) is 0.386. The molecule has 3 aromatic rings. The topological polar surface area (TPSA) is 98.6 Å². The van der Waals surface area contributed by atoms with Crippen molar-refractivity contribution in [3.63, 3.8) is 0 Å². The van der Waals surface area contributed by atoms with Crippen molar-refractivity contribution < 1.29 is 23.5 Å². The molecule has 0 aliphatic heterocycles. The first-order valence-corrected chi connectivity index (χ1v) is 9.30. The second-order valence-corrected chi connectivity index (χ2v) is 6.87. The van der Waals surface area contributed by atoms with Crippen LogP contribution in [0.15, 0.2) is 27.4 Å². The third-order valence-corrected chi connectivity index (χ3v) is 4.87. The lowest BCUT2D eigenvalue weighted by Gasteiger charge is -2.11. The summed E-state index contributed by atoms with van der Waals surface area (Å²) < 4.78 is 16.1. The Balaban J connectivity index is 1.85. The number of aryl methyl sites for hydroxylation is 3. The fraction of sp³-hybridized carbons (Fsp3) is 0.318. The van der Waals surface area contributed by atoms with E-state index >= 15 is 0 Å². The Bertz CT molecular complexity index is 1170. The second-order valence-electron chi connectivity index (χ2n) is 6.87. The number of aromatic nitrogens is 1. The summed E-state index contributed by atoms with van der Waals surface area (Å²) in [5.74, 6) is -0.313. The van der Waals surface area contributed by atoms with Crippen molar-refractivity contribution >= 4 is 22.7 Å². The average molecular weight is 397 g/mol. The summed E-state index contributed by atoms with van der Waals surface area (Å²) in [5, 5.41) is 0.815. The van der Waals surface area contributed by atoms with Gasteiger partial charge in [-0.3, -0.25) is 4.79 Å². The third kappa shape index (κ3) is 3.81. The predicted molar refractivity (Wildman–Crippen MR) is 108 cm³/mol. The van der Waals surface area contributed by atoms with Gasteiger partial charge >= 0.3 is 11.6 Å². The lowest BCUT2D eigenvalue weighted by atomic mass is 10.1. The monoisotopic (exact) mass is 397 g/mol. The molecule has 3 rings (SSSR count). The van der Waals surface area contributed by atoms with Crippen LogP contribution in [-0.2, 0) is 4.74 Å². The van der Waals surface area contributed by atoms with Crippen LogP contribution in [-0.4, -0.2) is 30.0 Å². The highest BCUT2D eigenvalue weighted by Gasteiger charge is 2.23. The predicted octanol–water partition coefficient (Wildman–Crippen LogP) is 3.79. The van der Waals surface area contributed by atoms with Crippen molar-refractivity contribution in [3.05, 3.63) is 62.3 Å². The molecular weight excluding hydrogens is 374 g/mol. The van der Waals surface area contributed by atoms with Crippen LogP contribution >= 0.6 is 0 Å². The van der Waals surface area contributed by atoms with Crippen molar-refractivity contribution in [1.29, 1.82) is 0 Å². The summed E-state index contributed by atoms with van der Waals surface area (Å²) in [6.07, 6.45) is 0. The van der Waals surface area contributed by atoms with Crippen molar-refractivity contribution in [2.24, 2.45) is 0 Å². The zero-order valence-electron chi connectivity index (χ0n) is 17.1. The van der Waals surface area contributed by atoms with Crippen LogP contribution in [0.5, 0.6) is 5.75 Å². The van der Waals surface area contributed by atoms with E-state index in [9.17, 15) is 14.4 Å². The Morgan fingerprint density at radius 2 is 1.83 bits per heavy atom. The van der Waals surface area contributed by atoms with Gasteiger partial charge in [0.1, 0.15) is 11.3 Å². The number of esters is 1. The summed E-state index contributed by atoms with van der Waals surface area (Å²) >= 11 is 0. The number of aromatic amines is 1. The zero-order chi connectivity index (χ0) is 21.3. The smallest absolute Gasteiger partial charge is 0.340 e. The van der Waals surface area contributed by atoms with Crippen molar-refractivity contribution in [2.45, 2.75) is 34.6 Å². The molecular formula is C22H23NO6. The summed E-state index contributed by atoms with van der Waals surface area (Å²) in [4.78, 5) is 39.4. The lowest BCUT2D eigenvalue weighted by Crippen LogP contribution is -2.14. The van der Waals surface area contributed by atoms with E-state index in [0.29, 0.717) is 39.4 Å². The fourth-order valence-electron chi connectivity index (χ4n) is 3.41. The number of nitrogens with one attached hydrogen (secondary N) is 1. The normalized spacial score (nSPS) is 10.9. The van der Waals surface area contributed by atoms with Gasteiger partial charge in [0, 0.05) is 22.7 Å². The Morgan fingerprint density at radius 1 is 1.10 bits per heavy atom. The SMILES string of the molecule is CCOC(=O)c1c(C)[nH]c(C(=O)COc2ccc3c(C)cc(=O)oc3c2C)c1C. The first-order valence-electron chi connectivity index (χ1n) is 9.30. The number of ketones is 1. The Morgan fingerprint density at radius 3 is 2.52 bits per heavy atom. The molecule has 0 aliphatic rings. The Hall–Kier alpha value is -3.35. The van der Waals surface area contributed by atoms with Crippen molar-refractivity contribution in [1.82, 2.24) is 4.98 Å². The van der Waals surface area contributed by atoms with Crippen LogP contribution in [0.4, 0.5) is 0 Å². The number of carbonyl (C=O) groups excluding carboxylic acids is 2. The van der Waals surface area contributed by atoms with E-state index in [1.165, 1.54) is 6.07 Å². The molecule has 29 heavy (non-hydrogen) atoms. The zero-order valence-corrected chi connectivity index (χ0v) is 17.1. The van der Waals surface area contributed by atoms with Crippen molar-refractivity contribution in [3.8, 4) is 5.75 Å². The lowest BCUT2D eigenvalue weighted by molar-refractivity contribution is 0.0525. The molecule has 152 valence electrons. The van der Waals surface area contributed by atoms with E-state index in [4.69, 9.17) is 13.9 Å². The highest BCUT2D eigenvalue weighted by molar-refractivity contribution is 6.02. The van der Waals surface area contributed by atoms with Gasteiger partial charge in [0.2, 0.25) is 5.78 Å². The van der Waals surface area contributed by atoms with Crippen LogP contribution in [0.2, 0.25) is 0 Å². The van der Waals surface area contributed by atoms with Crippen LogP contribution < -0.4 is 10.4 Å². The van der Waals surface area contributed by atoms with Gasteiger partial charge in [-0.15, -0.1) is 0 Å². The van der Waals surface area contributed by atoms with Gasteiger partial charge in [-0.2, -0.15) is 0 Å². The van der Waals surface area contributed by atoms with Gasteiger partial charge in [0.15, 0.2) is 6.61 Å². The number of benzene rings is 1. The van der Waals surface area contributed by atoms with E-state index in [-0.39, 0.29) is 19.0 Å². The molecule has 0 saturated carbocycles. The third-order valence-electron chi connectivity index (χ3n) is 4.87. The minimum Gasteiger partial charge on any atom is -0.485 e. The number of carbonyl (C=O) groups is 2. The molecule has 2 aromatic heterocycles. The van der Waals surface area contributed by atoms with Crippen LogP contribution in [0, 0.1) is 27.7 Å². The number of fused-ring (bicyclic) bond motifs is 1. The van der Waals surface area contributed by atoms with Crippen LogP contribution in [0.25, 0.3) is 11.0 Å². The van der Waals surface area contributed by atoms with E-state index in [1.807, 2.05) is 6.92 Å².